The summed E-state index contributed by atoms with van der Waals surface area (Å²) in [5.41, 5.74) is 2.20. The lowest BCUT2D eigenvalue weighted by molar-refractivity contribution is 0.00578. The maximum absolute atomic E-state index is 12.1. The molecular formula is C41H57B3BrN3O9. The standard InChI is InChI=1S/C16H28BNO4.C11H6B2BrNO2.C11H13NO3.C2H6.CH4/c1-14(2,3)20-13(19)18-10-8-12(9-11-18)17-21-15(4,5)16(6,7)22-17;12-16-10-6-5-9(11(15-10)17-13)7-1-3-8(14)4-2-7;1-9(14-2)12-8-15-11(13)10-6-4-3-5-7-10;1-2;/h8H,9-11H2,1-7H3;1-6H;3-7H,8H2,1-2H3;1-2H3;1H4/b;;12-9+;;. The summed E-state index contributed by atoms with van der Waals surface area (Å²) in [5.74, 6) is 0.598. The Bertz CT molecular complexity index is 1740. The molecule has 12 nitrogen and oxygen atoms in total. The number of hydrogen-bond acceptors (Lipinski definition) is 11. The first-order valence-electron chi connectivity index (χ1n) is 18.2. The highest BCUT2D eigenvalue weighted by Gasteiger charge is 2.52. The van der Waals surface area contributed by atoms with E-state index in [0.29, 0.717) is 24.6 Å². The van der Waals surface area contributed by atoms with E-state index >= 15 is 0 Å². The van der Waals surface area contributed by atoms with Crippen LogP contribution in [0.15, 0.2) is 87.7 Å². The first-order chi connectivity index (χ1) is 26.4. The number of methoxy groups -OCH3 is 1. The molecule has 306 valence electrons. The van der Waals surface area contributed by atoms with Crippen molar-refractivity contribution in [3.8, 4) is 22.9 Å². The molecule has 1 saturated heterocycles. The summed E-state index contributed by atoms with van der Waals surface area (Å²) in [6.07, 6.45) is 2.50. The molecule has 57 heavy (non-hydrogen) atoms. The average Bonchev–Trinajstić information content (AvgIpc) is 3.41. The number of ether oxygens (including phenoxy) is 3. The van der Waals surface area contributed by atoms with Gasteiger partial charge in [-0.1, -0.05) is 73.6 Å². The lowest BCUT2D eigenvalue weighted by Gasteiger charge is -2.32. The van der Waals surface area contributed by atoms with Gasteiger partial charge in [-0.05, 0) is 102 Å². The van der Waals surface area contributed by atoms with Gasteiger partial charge in [0, 0.05) is 30.0 Å². The van der Waals surface area contributed by atoms with Gasteiger partial charge in [0.25, 0.3) is 0 Å². The minimum atomic E-state index is -0.465. The zero-order valence-corrected chi connectivity index (χ0v) is 36.0. The van der Waals surface area contributed by atoms with Crippen LogP contribution in [-0.2, 0) is 23.5 Å². The largest absolute Gasteiger partial charge is 0.555 e. The summed E-state index contributed by atoms with van der Waals surface area (Å²) in [7, 11) is 11.4. The van der Waals surface area contributed by atoms with Gasteiger partial charge < -0.3 is 37.7 Å². The number of hydrogen-bond donors (Lipinski definition) is 0. The first-order valence-corrected chi connectivity index (χ1v) is 19.0. The molecule has 16 heteroatoms. The lowest BCUT2D eigenvalue weighted by Crippen LogP contribution is -2.41. The van der Waals surface area contributed by atoms with E-state index in [1.54, 1.807) is 48.2 Å². The second-order valence-electron chi connectivity index (χ2n) is 14.1. The van der Waals surface area contributed by atoms with Crippen LogP contribution >= 0.6 is 15.9 Å². The highest BCUT2D eigenvalue weighted by Crippen LogP contribution is 2.39. The summed E-state index contributed by atoms with van der Waals surface area (Å²) < 4.78 is 37.4. The number of aliphatic imine (C=N–C) groups is 1. The van der Waals surface area contributed by atoms with Crippen LogP contribution in [-0.4, -0.2) is 94.8 Å². The van der Waals surface area contributed by atoms with E-state index in [4.69, 9.17) is 44.3 Å². The van der Waals surface area contributed by atoms with Crippen LogP contribution in [0.1, 0.15) is 93.4 Å². The Morgan fingerprint density at radius 2 is 1.54 bits per heavy atom. The van der Waals surface area contributed by atoms with Crippen molar-refractivity contribution in [1.29, 1.82) is 0 Å². The molecule has 1 fully saturated rings. The lowest BCUT2D eigenvalue weighted by atomic mass is 9.75. The van der Waals surface area contributed by atoms with Crippen LogP contribution in [0.2, 0.25) is 0 Å². The van der Waals surface area contributed by atoms with Crippen molar-refractivity contribution in [1.82, 2.24) is 9.88 Å². The van der Waals surface area contributed by atoms with Crippen LogP contribution in [0.4, 0.5) is 4.79 Å². The number of aromatic nitrogens is 1. The molecule has 2 aromatic carbocycles. The summed E-state index contributed by atoms with van der Waals surface area (Å²) in [5, 5.41) is 0. The SMILES string of the molecule is C.CC.CC(C)(C)OC(=O)N1CC=C(B2OC(C)(C)C(C)(C)O2)CC1.CO/C(C)=N/COC(=O)c1ccccc1.[B]Oc1ccc(-c2ccc(Br)cc2)c(O[B])n1. The third kappa shape index (κ3) is 16.3. The van der Waals surface area contributed by atoms with Crippen LogP contribution in [0.3, 0.4) is 0 Å². The molecule has 2 aliphatic heterocycles. The normalized spacial score (nSPS) is 15.3. The van der Waals surface area contributed by atoms with Crippen LogP contribution in [0.25, 0.3) is 11.1 Å². The van der Waals surface area contributed by atoms with Gasteiger partial charge in [0.2, 0.25) is 5.88 Å². The van der Waals surface area contributed by atoms with E-state index in [0.717, 1.165) is 27.5 Å². The van der Waals surface area contributed by atoms with Gasteiger partial charge in [-0.25, -0.2) is 14.6 Å². The van der Waals surface area contributed by atoms with Crippen molar-refractivity contribution >= 4 is 57.1 Å². The highest BCUT2D eigenvalue weighted by molar-refractivity contribution is 9.10. The van der Waals surface area contributed by atoms with Crippen molar-refractivity contribution in [3.63, 3.8) is 0 Å². The Morgan fingerprint density at radius 1 is 0.947 bits per heavy atom. The van der Waals surface area contributed by atoms with Gasteiger partial charge in [-0.2, -0.15) is 4.98 Å². The smallest absolute Gasteiger partial charge is 0.490 e. The molecule has 1 aromatic heterocycles. The molecule has 0 bridgehead atoms. The summed E-state index contributed by atoms with van der Waals surface area (Å²) >= 11 is 3.37. The minimum absolute atomic E-state index is 0. The van der Waals surface area contributed by atoms with E-state index in [2.05, 4.69) is 30.6 Å². The quantitative estimate of drug-likeness (QED) is 0.0984. The third-order valence-electron chi connectivity index (χ3n) is 8.46. The average molecular weight is 848 g/mol. The van der Waals surface area contributed by atoms with E-state index in [-0.39, 0.29) is 56.3 Å². The van der Waals surface area contributed by atoms with Gasteiger partial charge in [-0.3, -0.25) is 0 Å². The van der Waals surface area contributed by atoms with Gasteiger partial charge in [0.15, 0.2) is 18.5 Å². The number of carbonyl (C=O) groups excluding carboxylic acids is 2. The molecule has 1 amide bonds. The maximum Gasteiger partial charge on any atom is 0.490 e. The number of rotatable bonds is 7. The Labute approximate surface area is 351 Å². The number of halogens is 1. The molecule has 0 N–H and O–H groups in total. The van der Waals surface area contributed by atoms with Gasteiger partial charge in [0.05, 0.1) is 23.9 Å². The summed E-state index contributed by atoms with van der Waals surface area (Å²) in [6.45, 7) is 20.6. The predicted octanol–water partition coefficient (Wildman–Crippen LogP) is 9.15. The fraction of sp³-hybridized carbons (Fsp3) is 0.463. The Balaban J connectivity index is 0.000000423. The van der Waals surface area contributed by atoms with Crippen LogP contribution in [0, 0.1) is 0 Å². The zero-order chi connectivity index (χ0) is 42.1. The van der Waals surface area contributed by atoms with E-state index in [1.165, 1.54) is 7.11 Å². The number of carbonyl (C=O) groups is 2. The Hall–Kier alpha value is -4.27. The number of benzene rings is 2. The minimum Gasteiger partial charge on any atom is -0.555 e. The summed E-state index contributed by atoms with van der Waals surface area (Å²) in [4.78, 5) is 33.0. The third-order valence-corrected chi connectivity index (χ3v) is 8.99. The molecule has 5 rings (SSSR count). The van der Waals surface area contributed by atoms with Gasteiger partial charge in [0.1, 0.15) is 5.60 Å². The second-order valence-corrected chi connectivity index (χ2v) is 15.0. The van der Waals surface area contributed by atoms with Crippen molar-refractivity contribution in [2.45, 2.75) is 99.9 Å². The zero-order valence-electron chi connectivity index (χ0n) is 34.4. The van der Waals surface area contributed by atoms with Crippen molar-refractivity contribution in [2.24, 2.45) is 4.99 Å². The molecule has 0 saturated carbocycles. The number of amides is 1. The molecule has 4 radical (unpaired) electrons. The van der Waals surface area contributed by atoms with E-state index in [1.807, 2.05) is 98.7 Å². The molecule has 0 aliphatic carbocycles. The van der Waals surface area contributed by atoms with Crippen LogP contribution in [0.5, 0.6) is 11.8 Å². The van der Waals surface area contributed by atoms with E-state index < -0.39 is 5.60 Å². The van der Waals surface area contributed by atoms with Gasteiger partial charge in [-0.15, -0.1) is 0 Å². The number of nitrogens with zero attached hydrogens (tertiary/aromatic N) is 3. The number of pyridine rings is 1. The Kier molecular flexibility index (Phi) is 21.2. The molecule has 0 unspecified atom stereocenters. The highest BCUT2D eigenvalue weighted by atomic mass is 79.9. The molecule has 3 heterocycles. The summed E-state index contributed by atoms with van der Waals surface area (Å²) in [6, 6.07) is 19.9. The predicted molar refractivity (Wildman–Crippen MR) is 232 cm³/mol. The first kappa shape index (κ1) is 50.8. The number of esters is 1. The van der Waals surface area contributed by atoms with E-state index in [9.17, 15) is 9.59 Å². The molecule has 2 aliphatic rings. The molecule has 3 aromatic rings. The molecule has 0 spiro atoms. The monoisotopic (exact) mass is 847 g/mol. The van der Waals surface area contributed by atoms with Crippen molar-refractivity contribution < 1.29 is 42.4 Å². The fourth-order valence-corrected chi connectivity index (χ4v) is 4.98. The topological polar surface area (TPSA) is 127 Å². The Morgan fingerprint density at radius 3 is 2.04 bits per heavy atom. The fourth-order valence-electron chi connectivity index (χ4n) is 4.72. The van der Waals surface area contributed by atoms with Crippen LogP contribution < -0.4 is 9.31 Å². The molecular weight excluding hydrogens is 791 g/mol. The van der Waals surface area contributed by atoms with Crippen molar-refractivity contribution in [3.05, 3.63) is 88.3 Å². The maximum atomic E-state index is 12.1. The second kappa shape index (κ2) is 23.8. The van der Waals surface area contributed by atoms with Crippen molar-refractivity contribution in [2.75, 3.05) is 26.9 Å². The van der Waals surface area contributed by atoms with Gasteiger partial charge >= 0.3 is 35.3 Å². The molecule has 0 atom stereocenters.